The molecule has 0 aromatic rings. The highest BCUT2D eigenvalue weighted by atomic mass is 16.3. The van der Waals surface area contributed by atoms with Crippen molar-refractivity contribution >= 4 is 5.91 Å². The van der Waals surface area contributed by atoms with Crippen LogP contribution in [0.25, 0.3) is 0 Å². The zero-order valence-corrected chi connectivity index (χ0v) is 13.1. The van der Waals surface area contributed by atoms with E-state index in [2.05, 4.69) is 11.9 Å². The molecule has 1 aliphatic carbocycles. The van der Waals surface area contributed by atoms with Gasteiger partial charge in [-0.3, -0.25) is 9.69 Å². The summed E-state index contributed by atoms with van der Waals surface area (Å²) in [6.45, 7) is 1.70. The van der Waals surface area contributed by atoms with E-state index in [1.165, 1.54) is 12.8 Å². The van der Waals surface area contributed by atoms with E-state index in [0.29, 0.717) is 6.54 Å². The van der Waals surface area contributed by atoms with Crippen molar-refractivity contribution < 1.29 is 9.90 Å². The van der Waals surface area contributed by atoms with Gasteiger partial charge in [0, 0.05) is 13.6 Å². The second-order valence-corrected chi connectivity index (χ2v) is 6.79. The first kappa shape index (κ1) is 15.8. The van der Waals surface area contributed by atoms with Gasteiger partial charge in [-0.2, -0.15) is 0 Å². The minimum absolute atomic E-state index is 0.0423. The van der Waals surface area contributed by atoms with Gasteiger partial charge < -0.3 is 10.0 Å². The maximum absolute atomic E-state index is 12.6. The summed E-state index contributed by atoms with van der Waals surface area (Å²) in [5, 5.41) is 10.4. The third-order valence-corrected chi connectivity index (χ3v) is 5.13. The molecule has 1 amide bonds. The van der Waals surface area contributed by atoms with Crippen molar-refractivity contribution in [3.8, 4) is 0 Å². The number of amides is 1. The van der Waals surface area contributed by atoms with Gasteiger partial charge in [0.05, 0.1) is 11.6 Å². The second kappa shape index (κ2) is 6.90. The average Bonchev–Trinajstić information content (AvgIpc) is 2.75. The lowest BCUT2D eigenvalue weighted by Gasteiger charge is -2.31. The fraction of sp³-hybridized carbons (Fsp3) is 0.938. The van der Waals surface area contributed by atoms with Gasteiger partial charge in [0.15, 0.2) is 0 Å². The smallest absolute Gasteiger partial charge is 0.239 e. The van der Waals surface area contributed by atoms with Crippen LogP contribution in [0.3, 0.4) is 0 Å². The minimum Gasteiger partial charge on any atom is -0.390 e. The molecular weight excluding hydrogens is 252 g/mol. The topological polar surface area (TPSA) is 43.8 Å². The lowest BCUT2D eigenvalue weighted by atomic mass is 9.97. The molecule has 1 heterocycles. The van der Waals surface area contributed by atoms with Gasteiger partial charge >= 0.3 is 0 Å². The van der Waals surface area contributed by atoms with E-state index in [9.17, 15) is 9.90 Å². The van der Waals surface area contributed by atoms with E-state index < -0.39 is 5.60 Å². The molecule has 0 aromatic heterocycles. The molecule has 116 valence electrons. The summed E-state index contributed by atoms with van der Waals surface area (Å²) >= 11 is 0. The van der Waals surface area contributed by atoms with Crippen LogP contribution >= 0.6 is 0 Å². The first-order chi connectivity index (χ1) is 9.52. The average molecular weight is 282 g/mol. The Morgan fingerprint density at radius 2 is 1.95 bits per heavy atom. The SMILES string of the molecule is CN(CCC1(O)CCCC1)C(=O)C1CCCCCN1C. The third-order valence-electron chi connectivity index (χ3n) is 5.13. The monoisotopic (exact) mass is 282 g/mol. The molecule has 20 heavy (non-hydrogen) atoms. The third kappa shape index (κ3) is 3.95. The summed E-state index contributed by atoms with van der Waals surface area (Å²) in [5.41, 5.74) is -0.510. The van der Waals surface area contributed by atoms with Crippen LogP contribution in [0.5, 0.6) is 0 Å². The molecule has 1 saturated heterocycles. The van der Waals surface area contributed by atoms with Crippen molar-refractivity contribution in [2.75, 3.05) is 27.2 Å². The Balaban J connectivity index is 1.84. The molecule has 0 spiro atoms. The quantitative estimate of drug-likeness (QED) is 0.858. The van der Waals surface area contributed by atoms with Crippen LogP contribution < -0.4 is 0 Å². The Morgan fingerprint density at radius 1 is 1.25 bits per heavy atom. The molecule has 2 aliphatic rings. The fourth-order valence-electron chi connectivity index (χ4n) is 3.59. The maximum Gasteiger partial charge on any atom is 0.239 e. The molecule has 1 N–H and O–H groups in total. The van der Waals surface area contributed by atoms with E-state index in [4.69, 9.17) is 0 Å². The van der Waals surface area contributed by atoms with Crippen molar-refractivity contribution in [3.63, 3.8) is 0 Å². The molecular formula is C16H30N2O2. The molecule has 4 nitrogen and oxygen atoms in total. The van der Waals surface area contributed by atoms with E-state index in [1.54, 1.807) is 0 Å². The molecule has 1 unspecified atom stereocenters. The van der Waals surface area contributed by atoms with E-state index in [1.807, 2.05) is 11.9 Å². The number of likely N-dealkylation sites (tertiary alicyclic amines) is 1. The molecule has 0 bridgehead atoms. The molecule has 1 atom stereocenters. The fourth-order valence-corrected chi connectivity index (χ4v) is 3.59. The number of nitrogens with zero attached hydrogens (tertiary/aromatic N) is 2. The van der Waals surface area contributed by atoms with E-state index in [-0.39, 0.29) is 11.9 Å². The predicted octanol–water partition coefficient (Wildman–Crippen LogP) is 2.01. The Bertz CT molecular complexity index is 326. The number of carbonyl (C=O) groups excluding carboxylic acids is 1. The summed E-state index contributed by atoms with van der Waals surface area (Å²) in [6, 6.07) is 0.0423. The van der Waals surface area contributed by atoms with Gasteiger partial charge in [-0.15, -0.1) is 0 Å². The Labute approximate surface area is 123 Å². The van der Waals surface area contributed by atoms with Crippen LogP contribution in [0, 0.1) is 0 Å². The molecule has 1 aliphatic heterocycles. The Kier molecular flexibility index (Phi) is 5.44. The van der Waals surface area contributed by atoms with Crippen molar-refractivity contribution in [2.24, 2.45) is 0 Å². The summed E-state index contributed by atoms with van der Waals surface area (Å²) in [7, 11) is 3.95. The second-order valence-electron chi connectivity index (χ2n) is 6.79. The molecule has 4 heteroatoms. The first-order valence-corrected chi connectivity index (χ1v) is 8.19. The largest absolute Gasteiger partial charge is 0.390 e. The van der Waals surface area contributed by atoms with Crippen LogP contribution in [-0.2, 0) is 4.79 Å². The summed E-state index contributed by atoms with van der Waals surface area (Å²) in [6.07, 6.45) is 9.34. The van der Waals surface area contributed by atoms with Gasteiger partial charge in [0.2, 0.25) is 5.91 Å². The number of hydrogen-bond donors (Lipinski definition) is 1. The van der Waals surface area contributed by atoms with Crippen LogP contribution in [0.1, 0.15) is 57.8 Å². The molecule has 2 fully saturated rings. The predicted molar refractivity (Wildman–Crippen MR) is 80.6 cm³/mol. The van der Waals surface area contributed by atoms with Gasteiger partial charge in [0.25, 0.3) is 0 Å². The number of likely N-dealkylation sites (N-methyl/N-ethyl adjacent to an activating group) is 2. The van der Waals surface area contributed by atoms with Gasteiger partial charge in [0.1, 0.15) is 0 Å². The minimum atomic E-state index is -0.510. The van der Waals surface area contributed by atoms with Crippen LogP contribution in [-0.4, -0.2) is 59.6 Å². The number of aliphatic hydroxyl groups is 1. The molecule has 0 aromatic carbocycles. The summed E-state index contributed by atoms with van der Waals surface area (Å²) in [5.74, 6) is 0.232. The van der Waals surface area contributed by atoms with E-state index in [0.717, 1.165) is 51.5 Å². The lowest BCUT2D eigenvalue weighted by Crippen LogP contribution is -2.46. The highest BCUT2D eigenvalue weighted by molar-refractivity contribution is 5.81. The Morgan fingerprint density at radius 3 is 2.65 bits per heavy atom. The summed E-state index contributed by atoms with van der Waals surface area (Å²) < 4.78 is 0. The van der Waals surface area contributed by atoms with Gasteiger partial charge in [-0.25, -0.2) is 0 Å². The molecule has 0 radical (unpaired) electrons. The molecule has 1 saturated carbocycles. The van der Waals surface area contributed by atoms with Crippen molar-refractivity contribution in [2.45, 2.75) is 69.4 Å². The summed E-state index contributed by atoms with van der Waals surface area (Å²) in [4.78, 5) is 16.6. The molecule has 2 rings (SSSR count). The standard InChI is InChI=1S/C16H30N2O2/c1-17-12-7-3-4-8-14(17)15(19)18(2)13-11-16(20)9-5-6-10-16/h14,20H,3-13H2,1-2H3. The first-order valence-electron chi connectivity index (χ1n) is 8.19. The van der Waals surface area contributed by atoms with Crippen LogP contribution in [0.15, 0.2) is 0 Å². The zero-order valence-electron chi connectivity index (χ0n) is 13.1. The van der Waals surface area contributed by atoms with E-state index >= 15 is 0 Å². The number of hydrogen-bond acceptors (Lipinski definition) is 3. The highest BCUT2D eigenvalue weighted by Crippen LogP contribution is 2.32. The Hall–Kier alpha value is -0.610. The number of carbonyl (C=O) groups is 1. The van der Waals surface area contributed by atoms with Crippen molar-refractivity contribution in [1.82, 2.24) is 9.80 Å². The van der Waals surface area contributed by atoms with Crippen molar-refractivity contribution in [1.29, 1.82) is 0 Å². The van der Waals surface area contributed by atoms with Crippen LogP contribution in [0.4, 0.5) is 0 Å². The zero-order chi connectivity index (χ0) is 14.6. The van der Waals surface area contributed by atoms with Crippen molar-refractivity contribution in [3.05, 3.63) is 0 Å². The maximum atomic E-state index is 12.6. The van der Waals surface area contributed by atoms with Crippen LogP contribution in [0.2, 0.25) is 0 Å². The number of rotatable bonds is 4. The normalized spacial score (nSPS) is 27.2. The van der Waals surface area contributed by atoms with Gasteiger partial charge in [-0.05, 0) is 45.7 Å². The highest BCUT2D eigenvalue weighted by Gasteiger charge is 2.33. The lowest BCUT2D eigenvalue weighted by molar-refractivity contribution is -0.135. The van der Waals surface area contributed by atoms with Gasteiger partial charge in [-0.1, -0.05) is 25.7 Å².